The topological polar surface area (TPSA) is 54.1 Å². The Bertz CT molecular complexity index is 526. The first kappa shape index (κ1) is 7.32. The fourth-order valence-electron chi connectivity index (χ4n) is 1.51. The van der Waals surface area contributed by atoms with Gasteiger partial charge < -0.3 is 0 Å². The molecule has 0 unspecified atom stereocenters. The lowest BCUT2D eigenvalue weighted by molar-refractivity contribution is -0.111. The van der Waals surface area contributed by atoms with Gasteiger partial charge in [0, 0.05) is 5.56 Å². The number of hydrogen-bond acceptors (Lipinski definition) is 3. The molecule has 4 nitrogen and oxygen atoms in total. The van der Waals surface area contributed by atoms with Gasteiger partial charge in [0.2, 0.25) is 0 Å². The smallest absolute Gasteiger partial charge is 0.266 e. The third-order valence-electron chi connectivity index (χ3n) is 2.12. The van der Waals surface area contributed by atoms with Gasteiger partial charge in [-0.3, -0.25) is 4.79 Å². The van der Waals surface area contributed by atoms with Crippen LogP contribution in [-0.2, 0) is 4.79 Å². The van der Waals surface area contributed by atoms with E-state index in [2.05, 4.69) is 15.0 Å². The maximum Gasteiger partial charge on any atom is 0.288 e. The van der Waals surface area contributed by atoms with E-state index in [0.29, 0.717) is 11.5 Å². The van der Waals surface area contributed by atoms with Gasteiger partial charge in [0.25, 0.3) is 5.91 Å². The zero-order valence-corrected chi connectivity index (χ0v) is 7.14. The van der Waals surface area contributed by atoms with Crippen LogP contribution >= 0.6 is 0 Å². The SMILES string of the molecule is O=C1C=NC2=Nc3ccccc3C2=N1. The van der Waals surface area contributed by atoms with Crippen molar-refractivity contribution in [2.24, 2.45) is 15.0 Å². The first-order chi connectivity index (χ1) is 6.84. The summed E-state index contributed by atoms with van der Waals surface area (Å²) in [5.74, 6) is 0.210. The van der Waals surface area contributed by atoms with Gasteiger partial charge in [0.1, 0.15) is 5.71 Å². The van der Waals surface area contributed by atoms with Crippen molar-refractivity contribution in [3.63, 3.8) is 0 Å². The van der Waals surface area contributed by atoms with Crippen LogP contribution in [0.1, 0.15) is 5.56 Å². The summed E-state index contributed by atoms with van der Waals surface area (Å²) in [6.07, 6.45) is 1.19. The molecule has 0 saturated heterocycles. The van der Waals surface area contributed by atoms with E-state index >= 15 is 0 Å². The highest BCUT2D eigenvalue weighted by Crippen LogP contribution is 2.27. The molecule has 0 bridgehead atoms. The molecule has 0 aromatic heterocycles. The van der Waals surface area contributed by atoms with Crippen LogP contribution in [0.2, 0.25) is 0 Å². The highest BCUT2D eigenvalue weighted by molar-refractivity contribution is 6.58. The zero-order chi connectivity index (χ0) is 9.54. The largest absolute Gasteiger partial charge is 0.288 e. The van der Waals surface area contributed by atoms with Crippen LogP contribution in [0.3, 0.4) is 0 Å². The summed E-state index contributed by atoms with van der Waals surface area (Å²) in [5, 5.41) is 0. The quantitative estimate of drug-likeness (QED) is 0.594. The highest BCUT2D eigenvalue weighted by atomic mass is 16.1. The van der Waals surface area contributed by atoms with Gasteiger partial charge in [-0.1, -0.05) is 18.2 Å². The molecule has 1 aromatic carbocycles. The van der Waals surface area contributed by atoms with Gasteiger partial charge in [-0.15, -0.1) is 0 Å². The number of amides is 1. The van der Waals surface area contributed by atoms with Gasteiger partial charge in [-0.2, -0.15) is 0 Å². The van der Waals surface area contributed by atoms with E-state index in [1.807, 2.05) is 24.3 Å². The standard InChI is InChI=1S/C10H5N3O/c14-8-5-11-10-9(13-8)6-3-1-2-4-7(6)12-10/h1-5H. The molecule has 0 N–H and O–H groups in total. The minimum absolute atomic E-state index is 0.323. The Hall–Kier alpha value is -2.10. The number of nitrogens with zero attached hydrogens (tertiary/aromatic N) is 3. The second-order valence-electron chi connectivity index (χ2n) is 3.01. The molecule has 0 spiro atoms. The van der Waals surface area contributed by atoms with Crippen molar-refractivity contribution in [3.05, 3.63) is 29.8 Å². The molecule has 0 saturated carbocycles. The molecule has 2 aliphatic heterocycles. The van der Waals surface area contributed by atoms with Crippen LogP contribution in [0.25, 0.3) is 0 Å². The monoisotopic (exact) mass is 183 g/mol. The molecule has 2 aliphatic rings. The third-order valence-corrected chi connectivity index (χ3v) is 2.12. The Morgan fingerprint density at radius 3 is 2.86 bits per heavy atom. The van der Waals surface area contributed by atoms with Gasteiger partial charge in [-0.05, 0) is 6.07 Å². The highest BCUT2D eigenvalue weighted by Gasteiger charge is 2.24. The van der Waals surface area contributed by atoms with Crippen molar-refractivity contribution in [2.45, 2.75) is 0 Å². The molecule has 1 amide bonds. The number of aliphatic imine (C=N–C) groups is 3. The number of carbonyl (C=O) groups is 1. The molecule has 1 aromatic rings. The van der Waals surface area contributed by atoms with E-state index in [4.69, 9.17) is 0 Å². The van der Waals surface area contributed by atoms with E-state index in [0.717, 1.165) is 11.3 Å². The van der Waals surface area contributed by atoms with Crippen molar-refractivity contribution in [1.29, 1.82) is 0 Å². The molecule has 0 fully saturated rings. The molecule has 14 heavy (non-hydrogen) atoms. The lowest BCUT2D eigenvalue weighted by atomic mass is 10.1. The second-order valence-corrected chi connectivity index (χ2v) is 3.01. The zero-order valence-electron chi connectivity index (χ0n) is 7.14. The summed E-state index contributed by atoms with van der Waals surface area (Å²) in [7, 11) is 0. The third kappa shape index (κ3) is 0.877. The summed E-state index contributed by atoms with van der Waals surface area (Å²) in [6.45, 7) is 0. The molecule has 0 atom stereocenters. The second kappa shape index (κ2) is 2.45. The van der Waals surface area contributed by atoms with Crippen molar-refractivity contribution in [1.82, 2.24) is 0 Å². The van der Waals surface area contributed by atoms with Crippen molar-refractivity contribution in [2.75, 3.05) is 0 Å². The van der Waals surface area contributed by atoms with Crippen LogP contribution in [0, 0.1) is 0 Å². The Morgan fingerprint density at radius 1 is 1.07 bits per heavy atom. The average Bonchev–Trinajstić information content (AvgIpc) is 2.56. The summed E-state index contributed by atoms with van der Waals surface area (Å²) >= 11 is 0. The Balaban J connectivity index is 2.27. The Kier molecular flexibility index (Phi) is 1.28. The maximum absolute atomic E-state index is 11.0. The predicted molar refractivity (Wildman–Crippen MR) is 53.6 cm³/mol. The molecule has 3 rings (SSSR count). The molecule has 0 radical (unpaired) electrons. The maximum atomic E-state index is 11.0. The lowest BCUT2D eigenvalue weighted by Crippen LogP contribution is -2.17. The Labute approximate surface area is 79.7 Å². The van der Waals surface area contributed by atoms with Crippen LogP contribution in [0.5, 0.6) is 0 Å². The number of benzene rings is 1. The first-order valence-electron chi connectivity index (χ1n) is 4.20. The minimum atomic E-state index is -0.323. The number of fused-ring (bicyclic) bond motifs is 3. The molecule has 0 aliphatic carbocycles. The van der Waals surface area contributed by atoms with Crippen molar-refractivity contribution in [3.8, 4) is 0 Å². The lowest BCUT2D eigenvalue weighted by Gasteiger charge is -2.01. The van der Waals surface area contributed by atoms with E-state index in [9.17, 15) is 4.79 Å². The van der Waals surface area contributed by atoms with Gasteiger partial charge in [0.15, 0.2) is 5.84 Å². The predicted octanol–water partition coefficient (Wildman–Crippen LogP) is 1.13. The summed E-state index contributed by atoms with van der Waals surface area (Å²) in [6, 6.07) is 7.55. The van der Waals surface area contributed by atoms with Crippen molar-refractivity contribution < 1.29 is 4.79 Å². The van der Waals surface area contributed by atoms with Crippen LogP contribution in [0.15, 0.2) is 39.2 Å². The van der Waals surface area contributed by atoms with Gasteiger partial charge in [-0.25, -0.2) is 15.0 Å². The fourth-order valence-corrected chi connectivity index (χ4v) is 1.51. The summed E-state index contributed by atoms with van der Waals surface area (Å²) in [4.78, 5) is 23.1. The number of amidine groups is 1. The normalized spacial score (nSPS) is 17.3. The minimum Gasteiger partial charge on any atom is -0.266 e. The molecular weight excluding hydrogens is 178 g/mol. The van der Waals surface area contributed by atoms with Crippen LogP contribution in [0.4, 0.5) is 5.69 Å². The first-order valence-corrected chi connectivity index (χ1v) is 4.20. The number of rotatable bonds is 0. The molecular formula is C10H5N3O. The van der Waals surface area contributed by atoms with Crippen LogP contribution in [-0.4, -0.2) is 23.7 Å². The number of para-hydroxylation sites is 1. The van der Waals surface area contributed by atoms with Crippen LogP contribution < -0.4 is 0 Å². The molecule has 4 heteroatoms. The average molecular weight is 183 g/mol. The van der Waals surface area contributed by atoms with Crippen molar-refractivity contribution >= 4 is 29.4 Å². The summed E-state index contributed by atoms with van der Waals surface area (Å²) < 4.78 is 0. The Morgan fingerprint density at radius 2 is 1.93 bits per heavy atom. The van der Waals surface area contributed by atoms with Gasteiger partial charge >= 0.3 is 0 Å². The number of hydrogen-bond donors (Lipinski definition) is 0. The van der Waals surface area contributed by atoms with Gasteiger partial charge in [0.05, 0.1) is 11.9 Å². The van der Waals surface area contributed by atoms with E-state index in [1.54, 1.807) is 0 Å². The molecule has 66 valence electrons. The fraction of sp³-hybridized carbons (Fsp3) is 0. The van der Waals surface area contributed by atoms with E-state index in [1.165, 1.54) is 6.21 Å². The van der Waals surface area contributed by atoms with E-state index in [-0.39, 0.29) is 5.91 Å². The summed E-state index contributed by atoms with van der Waals surface area (Å²) in [5.41, 5.74) is 2.30. The number of carbonyl (C=O) groups excluding carboxylic acids is 1. The van der Waals surface area contributed by atoms with E-state index < -0.39 is 0 Å². The molecule has 2 heterocycles.